The predicted octanol–water partition coefficient (Wildman–Crippen LogP) is 1.54. The second-order valence-corrected chi connectivity index (χ2v) is 8.14. The van der Waals surface area contributed by atoms with Crippen LogP contribution in [-0.2, 0) is 16.6 Å². The molecule has 0 aliphatic carbocycles. The third-order valence-corrected chi connectivity index (χ3v) is 6.68. The van der Waals surface area contributed by atoms with Gasteiger partial charge in [-0.2, -0.15) is 4.31 Å². The lowest BCUT2D eigenvalue weighted by Gasteiger charge is -2.34. The zero-order valence-electron chi connectivity index (χ0n) is 13.3. The summed E-state index contributed by atoms with van der Waals surface area (Å²) < 4.78 is 29.0. The molecule has 2 aliphatic rings. The Bertz CT molecular complexity index is 619. The molecule has 2 saturated heterocycles. The van der Waals surface area contributed by atoms with Gasteiger partial charge in [0.05, 0.1) is 0 Å². The molecule has 0 saturated carbocycles. The fourth-order valence-corrected chi connectivity index (χ4v) is 4.96. The molecule has 2 aliphatic heterocycles. The summed E-state index contributed by atoms with van der Waals surface area (Å²) in [6, 6.07) is 1.03. The Kier molecular flexibility index (Phi) is 5.21. The molecule has 2 unspecified atom stereocenters. The van der Waals surface area contributed by atoms with Crippen LogP contribution in [0.5, 0.6) is 0 Å². The van der Waals surface area contributed by atoms with Crippen LogP contribution in [0.4, 0.5) is 0 Å². The van der Waals surface area contributed by atoms with Crippen molar-refractivity contribution in [2.75, 3.05) is 7.05 Å². The van der Waals surface area contributed by atoms with E-state index in [1.165, 1.54) is 12.8 Å². The first kappa shape index (κ1) is 17.7. The summed E-state index contributed by atoms with van der Waals surface area (Å²) in [5, 5.41) is 3.72. The van der Waals surface area contributed by atoms with Crippen molar-refractivity contribution in [3.8, 4) is 0 Å². The Hall–Kier alpha value is -0.630. The van der Waals surface area contributed by atoms with E-state index in [0.29, 0.717) is 12.1 Å². The van der Waals surface area contributed by atoms with Gasteiger partial charge in [-0.25, -0.2) is 13.4 Å². The van der Waals surface area contributed by atoms with E-state index in [0.717, 1.165) is 25.2 Å². The zero-order chi connectivity index (χ0) is 15.2. The number of fused-ring (bicyclic) bond motifs is 2. The first-order valence-electron chi connectivity index (χ1n) is 7.69. The maximum Gasteiger partial charge on any atom is 0.262 e. The molecule has 1 aromatic rings. The summed E-state index contributed by atoms with van der Waals surface area (Å²) in [5.74, 6) is 0.745. The fourth-order valence-electron chi connectivity index (χ4n) is 3.59. The molecular formula is C14H25ClN4O2S. The number of aryl methyl sites for hydroxylation is 2. The number of aromatic nitrogens is 2. The Morgan fingerprint density at radius 2 is 1.95 bits per heavy atom. The van der Waals surface area contributed by atoms with Crippen LogP contribution in [0.3, 0.4) is 0 Å². The smallest absolute Gasteiger partial charge is 0.262 e. The lowest BCUT2D eigenvalue weighted by molar-refractivity contribution is 0.251. The average molecular weight is 349 g/mol. The highest BCUT2D eigenvalue weighted by molar-refractivity contribution is 7.89. The fraction of sp³-hybridized carbons (Fsp3) is 0.786. The quantitative estimate of drug-likeness (QED) is 0.896. The van der Waals surface area contributed by atoms with Crippen LogP contribution in [0, 0.1) is 6.92 Å². The van der Waals surface area contributed by atoms with E-state index in [1.54, 1.807) is 17.5 Å². The SMILES string of the molecule is CCn1cc(S(=O)(=O)N(C)C2CC3CCC(C2)N3)nc1C.Cl. The summed E-state index contributed by atoms with van der Waals surface area (Å²) >= 11 is 0. The number of hydrogen-bond acceptors (Lipinski definition) is 4. The number of nitrogens with one attached hydrogen (secondary N) is 1. The molecule has 0 spiro atoms. The Labute approximate surface area is 138 Å². The van der Waals surface area contributed by atoms with Gasteiger partial charge >= 0.3 is 0 Å². The monoisotopic (exact) mass is 348 g/mol. The van der Waals surface area contributed by atoms with Crippen molar-refractivity contribution < 1.29 is 8.42 Å². The maximum absolute atomic E-state index is 12.8. The standard InChI is InChI=1S/C14H24N4O2S.ClH/c1-4-18-9-14(15-10(18)2)21(19,20)17(3)13-7-11-5-6-12(8-13)16-11;/h9,11-13,16H,4-8H2,1-3H3;1H. The highest BCUT2D eigenvalue weighted by atomic mass is 35.5. The first-order chi connectivity index (χ1) is 9.91. The Morgan fingerprint density at radius 1 is 1.36 bits per heavy atom. The Balaban J connectivity index is 0.00000176. The second-order valence-electron chi connectivity index (χ2n) is 6.20. The minimum Gasteiger partial charge on any atom is -0.334 e. The number of imidazole rings is 1. The van der Waals surface area contributed by atoms with E-state index in [1.807, 2.05) is 18.4 Å². The highest BCUT2D eigenvalue weighted by Gasteiger charge is 2.39. The van der Waals surface area contributed by atoms with E-state index < -0.39 is 10.0 Å². The third kappa shape index (κ3) is 3.04. The van der Waals surface area contributed by atoms with E-state index in [-0.39, 0.29) is 23.5 Å². The van der Waals surface area contributed by atoms with Crippen molar-refractivity contribution in [2.45, 2.75) is 69.2 Å². The van der Waals surface area contributed by atoms with Crippen LogP contribution in [0.25, 0.3) is 0 Å². The summed E-state index contributed by atoms with van der Waals surface area (Å²) in [6.07, 6.45) is 5.79. The topological polar surface area (TPSA) is 67.2 Å². The summed E-state index contributed by atoms with van der Waals surface area (Å²) in [4.78, 5) is 4.24. The van der Waals surface area contributed by atoms with E-state index >= 15 is 0 Å². The van der Waals surface area contributed by atoms with Crippen molar-refractivity contribution in [3.05, 3.63) is 12.0 Å². The van der Waals surface area contributed by atoms with Gasteiger partial charge in [0.25, 0.3) is 10.0 Å². The van der Waals surface area contributed by atoms with E-state index in [4.69, 9.17) is 0 Å². The van der Waals surface area contributed by atoms with Gasteiger partial charge in [-0.05, 0) is 39.5 Å². The molecule has 22 heavy (non-hydrogen) atoms. The van der Waals surface area contributed by atoms with Crippen LogP contribution in [0.1, 0.15) is 38.4 Å². The van der Waals surface area contributed by atoms with Crippen molar-refractivity contribution in [1.82, 2.24) is 19.2 Å². The minimum atomic E-state index is -3.50. The number of sulfonamides is 1. The molecule has 2 atom stereocenters. The van der Waals surface area contributed by atoms with Gasteiger partial charge in [-0.3, -0.25) is 0 Å². The maximum atomic E-state index is 12.8. The van der Waals surface area contributed by atoms with E-state index in [2.05, 4.69) is 10.3 Å². The number of rotatable bonds is 4. The molecule has 3 rings (SSSR count). The number of piperidine rings is 1. The van der Waals surface area contributed by atoms with Crippen molar-refractivity contribution >= 4 is 22.4 Å². The van der Waals surface area contributed by atoms with Crippen LogP contribution < -0.4 is 5.32 Å². The summed E-state index contributed by atoms with van der Waals surface area (Å²) in [6.45, 7) is 4.56. The average Bonchev–Trinajstić information content (AvgIpc) is 3.00. The van der Waals surface area contributed by atoms with Crippen LogP contribution in [0.2, 0.25) is 0 Å². The van der Waals surface area contributed by atoms with Crippen LogP contribution in [0.15, 0.2) is 11.2 Å². The largest absolute Gasteiger partial charge is 0.334 e. The molecule has 3 heterocycles. The first-order valence-corrected chi connectivity index (χ1v) is 9.13. The molecule has 126 valence electrons. The van der Waals surface area contributed by atoms with Crippen molar-refractivity contribution in [2.24, 2.45) is 0 Å². The molecule has 0 amide bonds. The molecule has 1 N–H and O–H groups in total. The molecule has 8 heteroatoms. The van der Waals surface area contributed by atoms with Crippen LogP contribution in [-0.4, -0.2) is 47.4 Å². The number of nitrogens with zero attached hydrogens (tertiary/aromatic N) is 3. The minimum absolute atomic E-state index is 0. The predicted molar refractivity (Wildman–Crippen MR) is 87.8 cm³/mol. The van der Waals surface area contributed by atoms with Gasteiger partial charge in [0.15, 0.2) is 5.03 Å². The molecule has 6 nitrogen and oxygen atoms in total. The normalized spacial score (nSPS) is 27.9. The Morgan fingerprint density at radius 3 is 2.45 bits per heavy atom. The lowest BCUT2D eigenvalue weighted by Crippen LogP contribution is -2.48. The molecule has 1 aromatic heterocycles. The van der Waals surface area contributed by atoms with Gasteiger partial charge < -0.3 is 9.88 Å². The molecule has 2 bridgehead atoms. The third-order valence-electron chi connectivity index (χ3n) is 4.90. The van der Waals surface area contributed by atoms with Gasteiger partial charge in [0, 0.05) is 37.9 Å². The number of halogens is 1. The van der Waals surface area contributed by atoms with E-state index in [9.17, 15) is 8.42 Å². The molecular weight excluding hydrogens is 324 g/mol. The van der Waals surface area contributed by atoms with Crippen molar-refractivity contribution in [1.29, 1.82) is 0 Å². The number of hydrogen-bond donors (Lipinski definition) is 1. The van der Waals surface area contributed by atoms with Crippen LogP contribution >= 0.6 is 12.4 Å². The second kappa shape index (κ2) is 6.47. The lowest BCUT2D eigenvalue weighted by atomic mass is 10.0. The zero-order valence-corrected chi connectivity index (χ0v) is 15.0. The van der Waals surface area contributed by atoms with Gasteiger partial charge in [0.1, 0.15) is 5.82 Å². The summed E-state index contributed by atoms with van der Waals surface area (Å²) in [5.41, 5.74) is 0. The van der Waals surface area contributed by atoms with Gasteiger partial charge in [-0.15, -0.1) is 12.4 Å². The van der Waals surface area contributed by atoms with Crippen molar-refractivity contribution in [3.63, 3.8) is 0 Å². The van der Waals surface area contributed by atoms with Gasteiger partial charge in [-0.1, -0.05) is 0 Å². The van der Waals surface area contributed by atoms with Gasteiger partial charge in [0.2, 0.25) is 0 Å². The molecule has 0 radical (unpaired) electrons. The molecule has 2 fully saturated rings. The molecule has 0 aromatic carbocycles. The summed E-state index contributed by atoms with van der Waals surface area (Å²) in [7, 11) is -1.80. The highest BCUT2D eigenvalue weighted by Crippen LogP contribution is 2.31.